The van der Waals surface area contributed by atoms with Gasteiger partial charge in [0, 0.05) is 29.2 Å². The van der Waals surface area contributed by atoms with Crippen LogP contribution in [-0.4, -0.2) is 10.8 Å². The number of aromatic nitrogens is 1. The molecule has 0 aliphatic rings. The van der Waals surface area contributed by atoms with Crippen LogP contribution in [0.2, 0.25) is 0 Å². The topological polar surface area (TPSA) is 58.9 Å². The molecular weight excluding hydrogens is 188 g/mol. The second-order valence-corrected chi connectivity index (χ2v) is 3.52. The van der Waals surface area contributed by atoms with Crippen LogP contribution < -0.4 is 5.73 Å². The van der Waals surface area contributed by atoms with Gasteiger partial charge in [-0.25, -0.2) is 0 Å². The molecule has 0 spiro atoms. The second kappa shape index (κ2) is 3.61. The van der Waals surface area contributed by atoms with E-state index >= 15 is 0 Å². The van der Waals surface area contributed by atoms with Crippen LogP contribution in [0.1, 0.15) is 21.5 Å². The summed E-state index contributed by atoms with van der Waals surface area (Å²) in [5.74, 6) is -0.0440. The number of nitrogens with two attached hydrogens (primary N) is 1. The van der Waals surface area contributed by atoms with E-state index in [0.29, 0.717) is 16.8 Å². The number of carbonyl (C=O) groups is 1. The molecule has 0 saturated carbocycles. The van der Waals surface area contributed by atoms with Gasteiger partial charge in [0.2, 0.25) is 0 Å². The Hall–Kier alpha value is -2.03. The number of rotatable bonds is 2. The quantitative estimate of drug-likeness (QED) is 0.576. The fourth-order valence-corrected chi connectivity index (χ4v) is 1.49. The van der Waals surface area contributed by atoms with Crippen molar-refractivity contribution in [3.05, 3.63) is 53.3 Å². The highest BCUT2D eigenvalue weighted by Crippen LogP contribution is 2.17. The van der Waals surface area contributed by atoms with Crippen LogP contribution >= 0.6 is 0 Å². The van der Waals surface area contributed by atoms with Crippen molar-refractivity contribution in [3.8, 4) is 0 Å². The predicted octanol–water partition coefficient (Wildman–Crippen LogP) is 2.14. The third-order valence-corrected chi connectivity index (χ3v) is 2.31. The summed E-state index contributed by atoms with van der Waals surface area (Å²) in [6, 6.07) is 7.20. The van der Waals surface area contributed by atoms with Crippen molar-refractivity contribution in [2.24, 2.45) is 0 Å². The van der Waals surface area contributed by atoms with E-state index in [1.54, 1.807) is 24.5 Å². The third-order valence-electron chi connectivity index (χ3n) is 2.31. The number of anilines is 1. The Bertz CT molecular complexity index is 486. The summed E-state index contributed by atoms with van der Waals surface area (Å²) in [6.45, 7) is 1.94. The Kier molecular flexibility index (Phi) is 2.29. The van der Waals surface area contributed by atoms with Gasteiger partial charge in [0.25, 0.3) is 0 Å². The lowest BCUT2D eigenvalue weighted by atomic mass is 10.0. The fourth-order valence-electron chi connectivity index (χ4n) is 1.49. The zero-order chi connectivity index (χ0) is 10.8. The van der Waals surface area contributed by atoms with Crippen molar-refractivity contribution >= 4 is 11.5 Å². The van der Waals surface area contributed by atoms with E-state index in [4.69, 9.17) is 5.73 Å². The molecule has 1 aromatic heterocycles. The van der Waals surface area contributed by atoms with Crippen LogP contribution in [0.3, 0.4) is 0 Å². The fraction of sp³-hybridized carbons (Fsp3) is 0.0833. The highest BCUT2D eigenvalue weighted by molar-refractivity contribution is 6.12. The Morgan fingerprint density at radius 1 is 1.33 bits per heavy atom. The third kappa shape index (κ3) is 1.76. The summed E-state index contributed by atoms with van der Waals surface area (Å²) >= 11 is 0. The summed E-state index contributed by atoms with van der Waals surface area (Å²) in [6.07, 6.45) is 3.39. The smallest absolute Gasteiger partial charge is 0.196 e. The molecule has 3 N–H and O–H groups in total. The Balaban J connectivity index is 2.46. The minimum absolute atomic E-state index is 0.0440. The molecule has 0 aliphatic heterocycles. The van der Waals surface area contributed by atoms with Crippen molar-refractivity contribution in [1.29, 1.82) is 0 Å². The molecular formula is C12H12N2O. The molecule has 3 nitrogen and oxygen atoms in total. The van der Waals surface area contributed by atoms with Crippen molar-refractivity contribution in [3.63, 3.8) is 0 Å². The SMILES string of the molecule is Cc1ccc(N)c(C(=O)c2cc[nH]c2)c1. The zero-order valence-electron chi connectivity index (χ0n) is 8.45. The van der Waals surface area contributed by atoms with Crippen LogP contribution in [-0.2, 0) is 0 Å². The van der Waals surface area contributed by atoms with Crippen molar-refractivity contribution in [2.45, 2.75) is 6.92 Å². The maximum atomic E-state index is 12.0. The van der Waals surface area contributed by atoms with Gasteiger partial charge in [0.1, 0.15) is 0 Å². The molecule has 0 atom stereocenters. The minimum Gasteiger partial charge on any atom is -0.398 e. The van der Waals surface area contributed by atoms with E-state index in [1.165, 1.54) is 0 Å². The molecule has 2 rings (SSSR count). The maximum absolute atomic E-state index is 12.0. The first-order valence-electron chi connectivity index (χ1n) is 4.72. The molecule has 76 valence electrons. The van der Waals surface area contributed by atoms with E-state index in [2.05, 4.69) is 4.98 Å². The first kappa shape index (κ1) is 9.52. The number of hydrogen-bond acceptors (Lipinski definition) is 2. The predicted molar refractivity (Wildman–Crippen MR) is 59.8 cm³/mol. The van der Waals surface area contributed by atoms with E-state index in [0.717, 1.165) is 5.56 Å². The van der Waals surface area contributed by atoms with E-state index in [1.807, 2.05) is 19.1 Å². The van der Waals surface area contributed by atoms with Gasteiger partial charge in [-0.05, 0) is 25.1 Å². The number of aryl methyl sites for hydroxylation is 1. The van der Waals surface area contributed by atoms with Crippen molar-refractivity contribution < 1.29 is 4.79 Å². The number of carbonyl (C=O) groups excluding carboxylic acids is 1. The lowest BCUT2D eigenvalue weighted by molar-refractivity contribution is 0.103. The molecule has 0 bridgehead atoms. The molecule has 0 unspecified atom stereocenters. The van der Waals surface area contributed by atoms with Gasteiger partial charge in [-0.3, -0.25) is 4.79 Å². The Labute approximate surface area is 87.9 Å². The normalized spacial score (nSPS) is 10.2. The molecule has 0 saturated heterocycles. The monoisotopic (exact) mass is 200 g/mol. The summed E-state index contributed by atoms with van der Waals surface area (Å²) < 4.78 is 0. The first-order chi connectivity index (χ1) is 7.18. The first-order valence-corrected chi connectivity index (χ1v) is 4.72. The van der Waals surface area contributed by atoms with Crippen LogP contribution in [0.5, 0.6) is 0 Å². The summed E-state index contributed by atoms with van der Waals surface area (Å²) in [5.41, 5.74) is 8.51. The molecule has 15 heavy (non-hydrogen) atoms. The van der Waals surface area contributed by atoms with Gasteiger partial charge in [-0.1, -0.05) is 11.6 Å². The standard InChI is InChI=1S/C12H12N2O/c1-8-2-3-11(13)10(6-8)12(15)9-4-5-14-7-9/h2-7,14H,13H2,1H3. The van der Waals surface area contributed by atoms with Gasteiger partial charge >= 0.3 is 0 Å². The van der Waals surface area contributed by atoms with Gasteiger partial charge in [0.05, 0.1) is 0 Å². The highest BCUT2D eigenvalue weighted by atomic mass is 16.1. The van der Waals surface area contributed by atoms with Gasteiger partial charge in [0.15, 0.2) is 5.78 Å². The number of hydrogen-bond donors (Lipinski definition) is 2. The molecule has 3 heteroatoms. The van der Waals surface area contributed by atoms with Crippen LogP contribution in [0, 0.1) is 6.92 Å². The summed E-state index contributed by atoms with van der Waals surface area (Å²) in [5, 5.41) is 0. The summed E-state index contributed by atoms with van der Waals surface area (Å²) in [4.78, 5) is 14.8. The highest BCUT2D eigenvalue weighted by Gasteiger charge is 2.12. The Morgan fingerprint density at radius 3 is 2.80 bits per heavy atom. The lowest BCUT2D eigenvalue weighted by Gasteiger charge is -2.04. The number of H-pyrrole nitrogens is 1. The average molecular weight is 200 g/mol. The van der Waals surface area contributed by atoms with Crippen LogP contribution in [0.4, 0.5) is 5.69 Å². The lowest BCUT2D eigenvalue weighted by Crippen LogP contribution is -2.04. The number of benzene rings is 1. The number of nitrogens with one attached hydrogen (secondary N) is 1. The average Bonchev–Trinajstić information content (AvgIpc) is 2.74. The molecule has 2 aromatic rings. The van der Waals surface area contributed by atoms with Gasteiger partial charge in [-0.15, -0.1) is 0 Å². The molecule has 0 amide bonds. The van der Waals surface area contributed by atoms with Crippen LogP contribution in [0.25, 0.3) is 0 Å². The number of nitrogen functional groups attached to an aromatic ring is 1. The second-order valence-electron chi connectivity index (χ2n) is 3.52. The number of ketones is 1. The molecule has 1 aromatic carbocycles. The zero-order valence-corrected chi connectivity index (χ0v) is 8.45. The molecule has 0 aliphatic carbocycles. The van der Waals surface area contributed by atoms with Crippen molar-refractivity contribution in [1.82, 2.24) is 4.98 Å². The van der Waals surface area contributed by atoms with E-state index < -0.39 is 0 Å². The van der Waals surface area contributed by atoms with E-state index in [9.17, 15) is 4.79 Å². The number of aromatic amines is 1. The summed E-state index contributed by atoms with van der Waals surface area (Å²) in [7, 11) is 0. The maximum Gasteiger partial charge on any atom is 0.196 e. The van der Waals surface area contributed by atoms with Crippen LogP contribution in [0.15, 0.2) is 36.7 Å². The molecule has 1 heterocycles. The Morgan fingerprint density at radius 2 is 2.13 bits per heavy atom. The van der Waals surface area contributed by atoms with Crippen molar-refractivity contribution in [2.75, 3.05) is 5.73 Å². The van der Waals surface area contributed by atoms with Gasteiger partial charge in [-0.2, -0.15) is 0 Å². The van der Waals surface area contributed by atoms with E-state index in [-0.39, 0.29) is 5.78 Å². The molecule has 0 radical (unpaired) electrons. The molecule has 0 fully saturated rings. The minimum atomic E-state index is -0.0440. The van der Waals surface area contributed by atoms with Gasteiger partial charge < -0.3 is 10.7 Å². The largest absolute Gasteiger partial charge is 0.398 e.